The molecule has 1 atom stereocenters. The fourth-order valence-corrected chi connectivity index (χ4v) is 1.63. The Morgan fingerprint density at radius 2 is 1.83 bits per heavy atom. The van der Waals surface area contributed by atoms with Crippen LogP contribution >= 0.6 is 0 Å². The highest BCUT2D eigenvalue weighted by Crippen LogP contribution is 2.12. The third kappa shape index (κ3) is 3.90. The second kappa shape index (κ2) is 6.23. The van der Waals surface area contributed by atoms with Gasteiger partial charge in [-0.15, -0.1) is 0 Å². The summed E-state index contributed by atoms with van der Waals surface area (Å²) in [6, 6.07) is 10.8. The minimum absolute atomic E-state index is 0. The van der Waals surface area contributed by atoms with E-state index >= 15 is 0 Å². The smallest absolute Gasteiger partial charge is 0.216 e. The maximum atomic E-state index is 2.28. The zero-order valence-corrected chi connectivity index (χ0v) is 9.79. The second-order valence-electron chi connectivity index (χ2n) is 3.20. The second-order valence-corrected chi connectivity index (χ2v) is 4.84. The Labute approximate surface area is 81.8 Å². The third-order valence-corrected chi connectivity index (χ3v) is 3.35. The van der Waals surface area contributed by atoms with Crippen LogP contribution < -0.4 is 0 Å². The summed E-state index contributed by atoms with van der Waals surface area (Å²) in [6.07, 6.45) is 2.62. The minimum atomic E-state index is 0. The normalized spacial score (nSPS) is 11.8. The number of benzene rings is 1. The summed E-state index contributed by atoms with van der Waals surface area (Å²) in [4.78, 5) is 0. The Balaban J connectivity index is 0.00000121. The van der Waals surface area contributed by atoms with Crippen LogP contribution in [0.15, 0.2) is 30.3 Å². The molecule has 66 valence electrons. The SMILES string of the molecule is CC[CH]([AlH2])Cc1ccccc1.F. The van der Waals surface area contributed by atoms with Gasteiger partial charge in [0.1, 0.15) is 0 Å². The van der Waals surface area contributed by atoms with Crippen LogP contribution in [0.3, 0.4) is 0 Å². The lowest BCUT2D eigenvalue weighted by Gasteiger charge is -2.06. The number of rotatable bonds is 3. The molecule has 0 heterocycles. The van der Waals surface area contributed by atoms with Gasteiger partial charge in [-0.25, -0.2) is 0 Å². The highest BCUT2D eigenvalue weighted by atomic mass is 27.0. The predicted molar refractivity (Wildman–Crippen MR) is 55.2 cm³/mol. The minimum Gasteiger partial charge on any atom is -0.269 e. The van der Waals surface area contributed by atoms with Crippen LogP contribution in [-0.2, 0) is 6.42 Å². The fraction of sp³-hybridized carbons (Fsp3) is 0.400. The van der Waals surface area contributed by atoms with Crippen molar-refractivity contribution in [2.45, 2.75) is 24.5 Å². The van der Waals surface area contributed by atoms with E-state index in [4.69, 9.17) is 0 Å². The molecule has 0 nitrogen and oxygen atoms in total. The van der Waals surface area contributed by atoms with Gasteiger partial charge in [-0.3, -0.25) is 4.70 Å². The number of halogens is 1. The average molecular weight is 182 g/mol. The van der Waals surface area contributed by atoms with Crippen molar-refractivity contribution < 1.29 is 4.70 Å². The van der Waals surface area contributed by atoms with Crippen LogP contribution in [0.2, 0.25) is 4.78 Å². The number of hydrogen-bond acceptors (Lipinski definition) is 0. The fourth-order valence-electron chi connectivity index (χ4n) is 1.16. The van der Waals surface area contributed by atoms with Gasteiger partial charge < -0.3 is 0 Å². The molecule has 0 spiro atoms. The van der Waals surface area contributed by atoms with E-state index in [1.54, 1.807) is 0 Å². The highest BCUT2D eigenvalue weighted by molar-refractivity contribution is 6.11. The van der Waals surface area contributed by atoms with E-state index < -0.39 is 0 Å². The molecule has 0 aromatic heterocycles. The first-order valence-electron chi connectivity index (χ1n) is 4.37. The molecule has 0 bridgehead atoms. The van der Waals surface area contributed by atoms with Crippen molar-refractivity contribution in [3.05, 3.63) is 35.9 Å². The van der Waals surface area contributed by atoms with Gasteiger partial charge in [-0.2, -0.15) is 0 Å². The lowest BCUT2D eigenvalue weighted by molar-refractivity contribution is 0.791. The molecule has 0 saturated carbocycles. The lowest BCUT2D eigenvalue weighted by atomic mass is 10.1. The first-order chi connectivity index (χ1) is 5.33. The molecule has 0 fully saturated rings. The van der Waals surface area contributed by atoms with Crippen molar-refractivity contribution >= 4 is 16.3 Å². The maximum absolute atomic E-state index is 2.28. The molecule has 0 aliphatic rings. The molecule has 1 rings (SSSR count). The van der Waals surface area contributed by atoms with Gasteiger partial charge in [0.05, 0.1) is 0 Å². The van der Waals surface area contributed by atoms with Crippen LogP contribution in [0.4, 0.5) is 4.70 Å². The average Bonchev–Trinajstić information content (AvgIpc) is 2.06. The molecule has 0 aliphatic heterocycles. The van der Waals surface area contributed by atoms with Crippen molar-refractivity contribution in [1.82, 2.24) is 0 Å². The summed E-state index contributed by atoms with van der Waals surface area (Å²) in [6.45, 7) is 2.28. The van der Waals surface area contributed by atoms with Gasteiger partial charge in [-0.1, -0.05) is 48.5 Å². The van der Waals surface area contributed by atoms with Gasteiger partial charge in [-0.05, 0) is 12.0 Å². The molecule has 1 aromatic rings. The van der Waals surface area contributed by atoms with Crippen LogP contribution in [0.25, 0.3) is 0 Å². The molecule has 1 unspecified atom stereocenters. The first kappa shape index (κ1) is 11.7. The maximum Gasteiger partial charge on any atom is 0.216 e. The molecule has 12 heavy (non-hydrogen) atoms. The Morgan fingerprint density at radius 1 is 1.25 bits per heavy atom. The van der Waals surface area contributed by atoms with Crippen molar-refractivity contribution in [1.29, 1.82) is 0 Å². The van der Waals surface area contributed by atoms with Crippen LogP contribution in [0, 0.1) is 0 Å². The topological polar surface area (TPSA) is 0 Å². The van der Waals surface area contributed by atoms with E-state index in [0.29, 0.717) is 0 Å². The molecular formula is C10H16AlF. The summed E-state index contributed by atoms with van der Waals surface area (Å²) in [7, 11) is 0. The summed E-state index contributed by atoms with van der Waals surface area (Å²) in [5.74, 6) is 0. The molecular weight excluding hydrogens is 166 g/mol. The zero-order valence-electron chi connectivity index (χ0n) is 7.79. The van der Waals surface area contributed by atoms with Crippen LogP contribution in [-0.4, -0.2) is 16.3 Å². The van der Waals surface area contributed by atoms with E-state index in [1.165, 1.54) is 34.7 Å². The Bertz CT molecular complexity index is 198. The summed E-state index contributed by atoms with van der Waals surface area (Å²) >= 11 is 1.32. The molecule has 0 saturated heterocycles. The standard InChI is InChI=1S/C10H13.Al.FH.2H/c1-2-3-7-10-8-5-4-6-9-10;;;;/h3-6,8-9H,2,7H2,1H3;;1H;;. The van der Waals surface area contributed by atoms with Crippen molar-refractivity contribution in [3.63, 3.8) is 0 Å². The quantitative estimate of drug-likeness (QED) is 0.629. The Morgan fingerprint density at radius 3 is 2.33 bits per heavy atom. The Hall–Kier alpha value is -0.318. The van der Waals surface area contributed by atoms with Gasteiger partial charge >= 0.3 is 0 Å². The van der Waals surface area contributed by atoms with Gasteiger partial charge in [0.25, 0.3) is 0 Å². The lowest BCUT2D eigenvalue weighted by Crippen LogP contribution is -1.94. The van der Waals surface area contributed by atoms with Gasteiger partial charge in [0, 0.05) is 0 Å². The Kier molecular flexibility index (Phi) is 6.06. The summed E-state index contributed by atoms with van der Waals surface area (Å²) in [5.41, 5.74) is 1.49. The van der Waals surface area contributed by atoms with E-state index in [1.807, 2.05) is 0 Å². The van der Waals surface area contributed by atoms with E-state index in [0.717, 1.165) is 4.78 Å². The van der Waals surface area contributed by atoms with Crippen molar-refractivity contribution in [2.75, 3.05) is 0 Å². The summed E-state index contributed by atoms with van der Waals surface area (Å²) < 4.78 is 0.956. The van der Waals surface area contributed by atoms with E-state index in [9.17, 15) is 0 Å². The highest BCUT2D eigenvalue weighted by Gasteiger charge is 1.99. The van der Waals surface area contributed by atoms with E-state index in [-0.39, 0.29) is 4.70 Å². The molecule has 1 aromatic carbocycles. The number of hydrogen-bond donors (Lipinski definition) is 0. The van der Waals surface area contributed by atoms with Gasteiger partial charge in [0.2, 0.25) is 16.3 Å². The van der Waals surface area contributed by atoms with Crippen LogP contribution in [0.1, 0.15) is 18.9 Å². The molecule has 0 aliphatic carbocycles. The molecule has 0 radical (unpaired) electrons. The monoisotopic (exact) mass is 182 g/mol. The largest absolute Gasteiger partial charge is 0.269 e. The van der Waals surface area contributed by atoms with Gasteiger partial charge in [0.15, 0.2) is 0 Å². The molecule has 0 N–H and O–H groups in total. The predicted octanol–water partition coefficient (Wildman–Crippen LogP) is 2.21. The first-order valence-corrected chi connectivity index (χ1v) is 5.52. The molecule has 0 amide bonds. The summed E-state index contributed by atoms with van der Waals surface area (Å²) in [5, 5.41) is 0. The van der Waals surface area contributed by atoms with Crippen molar-refractivity contribution in [3.8, 4) is 0 Å². The molecule has 2 heteroatoms. The zero-order chi connectivity index (χ0) is 8.10. The van der Waals surface area contributed by atoms with E-state index in [2.05, 4.69) is 37.3 Å². The van der Waals surface area contributed by atoms with Crippen LogP contribution in [0.5, 0.6) is 0 Å². The van der Waals surface area contributed by atoms with Crippen molar-refractivity contribution in [2.24, 2.45) is 0 Å². The third-order valence-electron chi connectivity index (χ3n) is 2.12.